The van der Waals surface area contributed by atoms with Crippen molar-refractivity contribution in [1.82, 2.24) is 9.78 Å². The summed E-state index contributed by atoms with van der Waals surface area (Å²) in [6.45, 7) is -0.362. The molecule has 3 rings (SSSR count). The number of aromatic nitrogens is 2. The normalized spacial score (nSPS) is 13.8. The van der Waals surface area contributed by atoms with Gasteiger partial charge in [-0.25, -0.2) is 8.78 Å². The average Bonchev–Trinajstić information content (AvgIpc) is 3.33. The molecule has 0 unspecified atom stereocenters. The van der Waals surface area contributed by atoms with Crippen LogP contribution in [-0.2, 0) is 11.3 Å². The predicted molar refractivity (Wildman–Crippen MR) is 90.2 cm³/mol. The van der Waals surface area contributed by atoms with Gasteiger partial charge in [0.2, 0.25) is 5.91 Å². The van der Waals surface area contributed by atoms with Crippen molar-refractivity contribution < 1.29 is 23.6 Å². The first-order valence-electron chi connectivity index (χ1n) is 7.59. The molecule has 2 N–H and O–H groups in total. The van der Waals surface area contributed by atoms with Crippen molar-refractivity contribution in [3.63, 3.8) is 0 Å². The lowest BCUT2D eigenvalue weighted by Gasteiger charge is -2.09. The second kappa shape index (κ2) is 6.98. The number of phenols is 1. The summed E-state index contributed by atoms with van der Waals surface area (Å²) in [5, 5.41) is 26.7. The molecule has 8 nitrogen and oxygen atoms in total. The lowest BCUT2D eigenvalue weighted by molar-refractivity contribution is -0.384. The molecule has 138 valence electrons. The monoisotopic (exact) mass is 430 g/mol. The van der Waals surface area contributed by atoms with Crippen LogP contribution in [0.2, 0.25) is 0 Å². The van der Waals surface area contributed by atoms with E-state index in [1.54, 1.807) is 0 Å². The van der Waals surface area contributed by atoms with E-state index in [1.807, 2.05) is 0 Å². The summed E-state index contributed by atoms with van der Waals surface area (Å²) in [7, 11) is 0. The molecule has 0 spiro atoms. The van der Waals surface area contributed by atoms with Gasteiger partial charge in [-0.3, -0.25) is 19.6 Å². The highest BCUT2D eigenvalue weighted by Gasteiger charge is 2.34. The maximum atomic E-state index is 13.1. The smallest absolute Gasteiger partial charge is 0.283 e. The Hall–Kier alpha value is -2.56. The number of halogens is 3. The maximum absolute atomic E-state index is 13.1. The molecule has 0 radical (unpaired) electrons. The highest BCUT2D eigenvalue weighted by molar-refractivity contribution is 9.10. The molecule has 0 bridgehead atoms. The summed E-state index contributed by atoms with van der Waals surface area (Å²) in [6, 6.07) is 3.19. The fraction of sp³-hybridized carbons (Fsp3) is 0.333. The van der Waals surface area contributed by atoms with Crippen LogP contribution in [0.25, 0.3) is 0 Å². The van der Waals surface area contributed by atoms with E-state index in [4.69, 9.17) is 0 Å². The van der Waals surface area contributed by atoms with Crippen LogP contribution in [0, 0.1) is 10.1 Å². The molecule has 1 aromatic carbocycles. The van der Waals surface area contributed by atoms with Crippen LogP contribution in [-0.4, -0.2) is 25.7 Å². The van der Waals surface area contributed by atoms with Crippen LogP contribution in [0.4, 0.5) is 20.2 Å². The molecule has 1 amide bonds. The molecular formula is C15H13BrF2N4O4. The number of aromatic hydroxyl groups is 1. The number of non-ortho nitro benzene ring substituents is 1. The maximum Gasteiger partial charge on any atom is 0.283 e. The Labute approximate surface area is 154 Å². The molecule has 0 atom stereocenters. The van der Waals surface area contributed by atoms with E-state index in [0.29, 0.717) is 5.69 Å². The zero-order chi connectivity index (χ0) is 19.0. The van der Waals surface area contributed by atoms with Gasteiger partial charge in [0.05, 0.1) is 20.8 Å². The number of alkyl halides is 2. The molecule has 26 heavy (non-hydrogen) atoms. The summed E-state index contributed by atoms with van der Waals surface area (Å²) >= 11 is 3.13. The number of nitro benzene ring substituents is 1. The molecule has 1 aliphatic carbocycles. The number of nitrogens with one attached hydrogen (secondary N) is 1. The Bertz CT molecular complexity index is 883. The van der Waals surface area contributed by atoms with Gasteiger partial charge in [0.25, 0.3) is 12.1 Å². The lowest BCUT2D eigenvalue weighted by atomic mass is 10.2. The number of hydrogen-bond acceptors (Lipinski definition) is 5. The number of hydrogen-bond donors (Lipinski definition) is 2. The van der Waals surface area contributed by atoms with Crippen molar-refractivity contribution in [1.29, 1.82) is 0 Å². The number of amides is 1. The Balaban J connectivity index is 1.82. The van der Waals surface area contributed by atoms with Crippen LogP contribution < -0.4 is 5.32 Å². The number of carbonyl (C=O) groups excluding carboxylic acids is 1. The number of nitrogens with zero attached hydrogens (tertiary/aromatic N) is 3. The average molecular weight is 431 g/mol. The number of carbonyl (C=O) groups is 1. The van der Waals surface area contributed by atoms with Crippen LogP contribution in [0.1, 0.15) is 36.6 Å². The summed E-state index contributed by atoms with van der Waals surface area (Å²) < 4.78 is 27.5. The van der Waals surface area contributed by atoms with E-state index in [0.717, 1.165) is 31.0 Å². The first kappa shape index (κ1) is 18.2. The molecule has 1 aromatic heterocycles. The Morgan fingerprint density at radius 2 is 2.19 bits per heavy atom. The Morgan fingerprint density at radius 1 is 1.50 bits per heavy atom. The molecular weight excluding hydrogens is 418 g/mol. The first-order valence-corrected chi connectivity index (χ1v) is 8.38. The SMILES string of the molecule is O=C(Cn1nc(C(F)F)c(Br)c1C1CC1)Nc1cc([N+](=O)[O-])ccc1O. The van der Waals surface area contributed by atoms with Gasteiger partial charge in [0, 0.05) is 18.1 Å². The molecule has 2 aromatic rings. The quantitative estimate of drug-likeness (QED) is 0.412. The van der Waals surface area contributed by atoms with E-state index in [2.05, 4.69) is 26.3 Å². The van der Waals surface area contributed by atoms with E-state index < -0.39 is 22.9 Å². The van der Waals surface area contributed by atoms with Crippen molar-refractivity contribution in [2.45, 2.75) is 31.7 Å². The van der Waals surface area contributed by atoms with Crippen LogP contribution in [0.15, 0.2) is 22.7 Å². The number of rotatable bonds is 6. The summed E-state index contributed by atoms with van der Waals surface area (Å²) in [6.07, 6.45) is -1.15. The molecule has 1 fully saturated rings. The zero-order valence-electron chi connectivity index (χ0n) is 13.2. The van der Waals surface area contributed by atoms with Gasteiger partial charge >= 0.3 is 0 Å². The Kier molecular flexibility index (Phi) is 4.90. The number of anilines is 1. The van der Waals surface area contributed by atoms with Gasteiger partial charge in [0.15, 0.2) is 0 Å². The van der Waals surface area contributed by atoms with E-state index in [-0.39, 0.29) is 34.1 Å². The highest BCUT2D eigenvalue weighted by atomic mass is 79.9. The first-order chi connectivity index (χ1) is 12.3. The third-order valence-corrected chi connectivity index (χ3v) is 4.70. The molecule has 1 heterocycles. The van der Waals surface area contributed by atoms with E-state index in [9.17, 15) is 28.8 Å². The minimum atomic E-state index is -2.79. The van der Waals surface area contributed by atoms with Crippen molar-refractivity contribution in [2.24, 2.45) is 0 Å². The van der Waals surface area contributed by atoms with Crippen LogP contribution in [0.3, 0.4) is 0 Å². The number of nitro groups is 1. The molecule has 11 heteroatoms. The van der Waals surface area contributed by atoms with Gasteiger partial charge in [-0.15, -0.1) is 0 Å². The number of benzene rings is 1. The van der Waals surface area contributed by atoms with E-state index >= 15 is 0 Å². The standard InChI is InChI=1S/C15H13BrF2N4O4/c16-12-13(15(17)18)20-21(14(12)7-1-2-7)6-11(24)19-9-5-8(22(25)26)3-4-10(9)23/h3-5,7,15,23H,1-2,6H2,(H,19,24). The lowest BCUT2D eigenvalue weighted by Crippen LogP contribution is -2.21. The highest BCUT2D eigenvalue weighted by Crippen LogP contribution is 2.45. The van der Waals surface area contributed by atoms with Gasteiger partial charge in [-0.05, 0) is 34.8 Å². The van der Waals surface area contributed by atoms with Gasteiger partial charge in [-0.2, -0.15) is 5.10 Å². The fourth-order valence-electron chi connectivity index (χ4n) is 2.54. The molecule has 0 saturated heterocycles. The van der Waals surface area contributed by atoms with Crippen molar-refractivity contribution in [3.8, 4) is 5.75 Å². The van der Waals surface area contributed by atoms with Crippen molar-refractivity contribution in [3.05, 3.63) is 44.2 Å². The van der Waals surface area contributed by atoms with Crippen molar-refractivity contribution >= 4 is 33.2 Å². The minimum absolute atomic E-state index is 0.0587. The number of phenolic OH excluding ortho intramolecular Hbond substituents is 1. The minimum Gasteiger partial charge on any atom is -0.506 e. The van der Waals surface area contributed by atoms with Crippen LogP contribution >= 0.6 is 15.9 Å². The molecule has 1 aliphatic rings. The van der Waals surface area contributed by atoms with Gasteiger partial charge in [0.1, 0.15) is 18.0 Å². The summed E-state index contributed by atoms with van der Waals surface area (Å²) in [4.78, 5) is 22.4. The van der Waals surface area contributed by atoms with Crippen molar-refractivity contribution in [2.75, 3.05) is 5.32 Å². The third kappa shape index (κ3) is 3.66. The second-order valence-corrected chi connectivity index (χ2v) is 6.62. The summed E-state index contributed by atoms with van der Waals surface area (Å²) in [5.74, 6) is -0.941. The zero-order valence-corrected chi connectivity index (χ0v) is 14.7. The second-order valence-electron chi connectivity index (χ2n) is 5.82. The summed E-state index contributed by atoms with van der Waals surface area (Å²) in [5.41, 5.74) is -0.354. The molecule has 0 aliphatic heterocycles. The van der Waals surface area contributed by atoms with Gasteiger partial charge in [-0.1, -0.05) is 0 Å². The topological polar surface area (TPSA) is 110 Å². The largest absolute Gasteiger partial charge is 0.506 e. The fourth-order valence-corrected chi connectivity index (χ4v) is 3.32. The predicted octanol–water partition coefficient (Wildman–Crippen LogP) is 3.71. The van der Waals surface area contributed by atoms with Gasteiger partial charge < -0.3 is 10.4 Å². The molecule has 1 saturated carbocycles. The Morgan fingerprint density at radius 3 is 2.77 bits per heavy atom. The van der Waals surface area contributed by atoms with E-state index in [1.165, 1.54) is 4.68 Å². The van der Waals surface area contributed by atoms with Crippen LogP contribution in [0.5, 0.6) is 5.75 Å². The third-order valence-electron chi connectivity index (χ3n) is 3.89.